The maximum absolute atomic E-state index is 11.6. The number of imidazole rings is 1. The van der Waals surface area contributed by atoms with Crippen LogP contribution in [0.3, 0.4) is 0 Å². The van der Waals surface area contributed by atoms with E-state index < -0.39 is 0 Å². The number of nitrogens with one attached hydrogen (secondary N) is 1. The van der Waals surface area contributed by atoms with E-state index in [4.69, 9.17) is 0 Å². The van der Waals surface area contributed by atoms with Crippen LogP contribution in [0.25, 0.3) is 11.5 Å². The molecule has 0 aliphatic carbocycles. The molecule has 6 heteroatoms. The number of hydrogen-bond acceptors (Lipinski definition) is 4. The lowest BCUT2D eigenvalue weighted by molar-refractivity contribution is -0.130. The van der Waals surface area contributed by atoms with Crippen molar-refractivity contribution in [2.24, 2.45) is 0 Å². The van der Waals surface area contributed by atoms with Gasteiger partial charge in [0.15, 0.2) is 5.82 Å². The normalized spacial score (nSPS) is 18.5. The lowest BCUT2D eigenvalue weighted by Crippen LogP contribution is -2.37. The number of likely N-dealkylation sites (tertiary alicyclic amines) is 1. The Balaban J connectivity index is 1.90. The first-order valence-corrected chi connectivity index (χ1v) is 7.66. The highest BCUT2D eigenvalue weighted by molar-refractivity contribution is 5.73. The second kappa shape index (κ2) is 5.87. The molecule has 3 heterocycles. The van der Waals surface area contributed by atoms with Crippen molar-refractivity contribution in [3.63, 3.8) is 0 Å². The van der Waals surface area contributed by atoms with Crippen LogP contribution >= 0.6 is 0 Å². The zero-order chi connectivity index (χ0) is 15.7. The highest BCUT2D eigenvalue weighted by Gasteiger charge is 2.24. The van der Waals surface area contributed by atoms with Gasteiger partial charge in [-0.3, -0.25) is 4.79 Å². The molecule has 2 aromatic rings. The van der Waals surface area contributed by atoms with Gasteiger partial charge in [0.1, 0.15) is 11.5 Å². The molecule has 0 bridgehead atoms. The van der Waals surface area contributed by atoms with Gasteiger partial charge < -0.3 is 9.88 Å². The second-order valence-corrected chi connectivity index (χ2v) is 5.94. The number of aryl methyl sites for hydroxylation is 2. The molecule has 22 heavy (non-hydrogen) atoms. The van der Waals surface area contributed by atoms with E-state index >= 15 is 0 Å². The minimum atomic E-state index is 0.136. The molecule has 2 aromatic heterocycles. The van der Waals surface area contributed by atoms with Crippen LogP contribution in [0.15, 0.2) is 12.3 Å². The Bertz CT molecular complexity index is 694. The number of aromatic nitrogens is 4. The van der Waals surface area contributed by atoms with Gasteiger partial charge in [0.25, 0.3) is 0 Å². The maximum Gasteiger partial charge on any atom is 0.219 e. The van der Waals surface area contributed by atoms with E-state index in [2.05, 4.69) is 19.9 Å². The van der Waals surface area contributed by atoms with Crippen molar-refractivity contribution >= 4 is 5.91 Å². The molecule has 0 saturated carbocycles. The van der Waals surface area contributed by atoms with E-state index in [0.717, 1.165) is 54.7 Å². The zero-order valence-corrected chi connectivity index (χ0v) is 13.3. The van der Waals surface area contributed by atoms with Gasteiger partial charge >= 0.3 is 0 Å². The first-order valence-electron chi connectivity index (χ1n) is 7.66. The third-order valence-corrected chi connectivity index (χ3v) is 4.09. The summed E-state index contributed by atoms with van der Waals surface area (Å²) in [7, 11) is 0. The third kappa shape index (κ3) is 3.00. The summed E-state index contributed by atoms with van der Waals surface area (Å²) in [6.07, 6.45) is 3.86. The molecule has 1 atom stereocenters. The Kier molecular flexibility index (Phi) is 3.92. The van der Waals surface area contributed by atoms with E-state index in [0.29, 0.717) is 0 Å². The number of nitrogens with zero attached hydrogens (tertiary/aromatic N) is 4. The van der Waals surface area contributed by atoms with E-state index in [1.807, 2.05) is 24.8 Å². The summed E-state index contributed by atoms with van der Waals surface area (Å²) in [6.45, 7) is 7.08. The molecule has 0 unspecified atom stereocenters. The van der Waals surface area contributed by atoms with E-state index in [1.54, 1.807) is 13.1 Å². The summed E-state index contributed by atoms with van der Waals surface area (Å²) >= 11 is 0. The van der Waals surface area contributed by atoms with Gasteiger partial charge in [0, 0.05) is 43.5 Å². The average Bonchev–Trinajstić information content (AvgIpc) is 2.93. The summed E-state index contributed by atoms with van der Waals surface area (Å²) in [4.78, 5) is 30.1. The predicted molar refractivity (Wildman–Crippen MR) is 83.3 cm³/mol. The Morgan fingerprint density at radius 2 is 2.18 bits per heavy atom. The highest BCUT2D eigenvalue weighted by atomic mass is 16.2. The SMILES string of the molecule is CC(=O)N1CCC[C@H](c2cc(-c3ncc(C)[nH]3)nc(C)n2)C1. The van der Waals surface area contributed by atoms with Gasteiger partial charge in [-0.05, 0) is 32.8 Å². The molecule has 1 aliphatic rings. The van der Waals surface area contributed by atoms with Gasteiger partial charge in [-0.15, -0.1) is 0 Å². The minimum absolute atomic E-state index is 0.136. The fraction of sp³-hybridized carbons (Fsp3) is 0.500. The molecule has 0 spiro atoms. The summed E-state index contributed by atoms with van der Waals surface area (Å²) in [5, 5.41) is 0. The molecule has 1 fully saturated rings. The largest absolute Gasteiger partial charge is 0.342 e. The highest BCUT2D eigenvalue weighted by Crippen LogP contribution is 2.27. The first kappa shape index (κ1) is 14.7. The number of hydrogen-bond donors (Lipinski definition) is 1. The smallest absolute Gasteiger partial charge is 0.219 e. The fourth-order valence-corrected chi connectivity index (χ4v) is 2.97. The Labute approximate surface area is 130 Å². The van der Waals surface area contributed by atoms with E-state index in [-0.39, 0.29) is 11.8 Å². The molecule has 116 valence electrons. The van der Waals surface area contributed by atoms with Crippen molar-refractivity contribution in [2.75, 3.05) is 13.1 Å². The van der Waals surface area contributed by atoms with Crippen molar-refractivity contribution in [2.45, 2.75) is 39.5 Å². The summed E-state index contributed by atoms with van der Waals surface area (Å²) in [6, 6.07) is 2.00. The van der Waals surface area contributed by atoms with Gasteiger partial charge in [-0.2, -0.15) is 0 Å². The first-order chi connectivity index (χ1) is 10.5. The van der Waals surface area contributed by atoms with E-state index in [9.17, 15) is 4.79 Å². The molecule has 0 radical (unpaired) electrons. The molecule has 0 aromatic carbocycles. The van der Waals surface area contributed by atoms with Crippen LogP contribution in [-0.4, -0.2) is 43.8 Å². The molecule has 1 saturated heterocycles. The molecular weight excluding hydrogens is 278 g/mol. The Hall–Kier alpha value is -2.24. The van der Waals surface area contributed by atoms with Crippen LogP contribution in [0.5, 0.6) is 0 Å². The molecule has 3 rings (SSSR count). The van der Waals surface area contributed by atoms with Crippen molar-refractivity contribution in [3.05, 3.63) is 29.5 Å². The summed E-state index contributed by atoms with van der Waals surface area (Å²) < 4.78 is 0. The van der Waals surface area contributed by atoms with Gasteiger partial charge in [-0.25, -0.2) is 15.0 Å². The van der Waals surface area contributed by atoms with Crippen LogP contribution < -0.4 is 0 Å². The third-order valence-electron chi connectivity index (χ3n) is 4.09. The number of amides is 1. The molecule has 1 amide bonds. The number of rotatable bonds is 2. The van der Waals surface area contributed by atoms with E-state index in [1.165, 1.54) is 0 Å². The Morgan fingerprint density at radius 3 is 2.86 bits per heavy atom. The standard InChI is InChI=1S/C16H21N5O/c1-10-8-17-16(18-10)15-7-14(19-11(2)20-15)13-5-4-6-21(9-13)12(3)22/h7-8,13H,4-6,9H2,1-3H3,(H,17,18)/t13-/m0/s1. The quantitative estimate of drug-likeness (QED) is 0.922. The van der Waals surface area contributed by atoms with Crippen molar-refractivity contribution < 1.29 is 4.79 Å². The topological polar surface area (TPSA) is 74.8 Å². The zero-order valence-electron chi connectivity index (χ0n) is 13.3. The number of H-pyrrole nitrogens is 1. The molecule has 1 aliphatic heterocycles. The summed E-state index contributed by atoms with van der Waals surface area (Å²) in [5.41, 5.74) is 2.83. The van der Waals surface area contributed by atoms with Crippen molar-refractivity contribution in [1.82, 2.24) is 24.8 Å². The van der Waals surface area contributed by atoms with Crippen LogP contribution in [0.4, 0.5) is 0 Å². The van der Waals surface area contributed by atoms with Crippen LogP contribution in [-0.2, 0) is 4.79 Å². The second-order valence-electron chi connectivity index (χ2n) is 5.94. The van der Waals surface area contributed by atoms with Crippen LogP contribution in [0.2, 0.25) is 0 Å². The molecule has 1 N–H and O–H groups in total. The van der Waals surface area contributed by atoms with Crippen LogP contribution in [0, 0.1) is 13.8 Å². The number of aromatic amines is 1. The van der Waals surface area contributed by atoms with Gasteiger partial charge in [-0.1, -0.05) is 0 Å². The fourth-order valence-electron chi connectivity index (χ4n) is 2.97. The predicted octanol–water partition coefficient (Wildman–Crippen LogP) is 2.21. The number of carbonyl (C=O) groups is 1. The van der Waals surface area contributed by atoms with Gasteiger partial charge in [0.2, 0.25) is 5.91 Å². The van der Waals surface area contributed by atoms with Gasteiger partial charge in [0.05, 0.1) is 0 Å². The van der Waals surface area contributed by atoms with Crippen molar-refractivity contribution in [3.8, 4) is 11.5 Å². The number of piperidine rings is 1. The lowest BCUT2D eigenvalue weighted by Gasteiger charge is -2.31. The average molecular weight is 299 g/mol. The molecule has 6 nitrogen and oxygen atoms in total. The van der Waals surface area contributed by atoms with Crippen molar-refractivity contribution in [1.29, 1.82) is 0 Å². The number of carbonyl (C=O) groups excluding carboxylic acids is 1. The Morgan fingerprint density at radius 1 is 1.36 bits per heavy atom. The molecular formula is C16H21N5O. The lowest BCUT2D eigenvalue weighted by atomic mass is 9.94. The maximum atomic E-state index is 11.6. The monoisotopic (exact) mass is 299 g/mol. The van der Waals surface area contributed by atoms with Crippen LogP contribution in [0.1, 0.15) is 42.9 Å². The minimum Gasteiger partial charge on any atom is -0.342 e. The summed E-state index contributed by atoms with van der Waals surface area (Å²) in [5.74, 6) is 1.91.